The fourth-order valence-corrected chi connectivity index (χ4v) is 0. The molecule has 0 aliphatic rings. The van der Waals surface area contributed by atoms with Crippen LogP contribution in [0.4, 0.5) is 0 Å². The second kappa shape index (κ2) is 1570. The van der Waals surface area contributed by atoms with Crippen molar-refractivity contribution in [3.8, 4) is 0 Å². The molecular formula is C4HN4NaNi-4. The average Bonchev–Trinajstić information content (AvgIpc) is 2.03. The van der Waals surface area contributed by atoms with Crippen LogP contribution < -0.4 is 29.6 Å². The Morgan fingerprint density at radius 3 is 0.600 bits per heavy atom. The molecule has 0 atom stereocenters. The Morgan fingerprint density at radius 1 is 0.600 bits per heavy atom. The van der Waals surface area contributed by atoms with Gasteiger partial charge in [-0.05, 0) is 0 Å². The molecular weight excluding hydrogens is 186 g/mol. The van der Waals surface area contributed by atoms with Crippen LogP contribution in [-0.4, -0.2) is 0 Å². The van der Waals surface area contributed by atoms with Gasteiger partial charge in [-0.1, -0.05) is 0 Å². The van der Waals surface area contributed by atoms with Crippen molar-refractivity contribution < 1.29 is 47.5 Å². The van der Waals surface area contributed by atoms with Crippen LogP contribution in [0.2, 0.25) is 0 Å². The average molecular weight is 187 g/mol. The van der Waals surface area contributed by atoms with Crippen molar-refractivity contribution in [1.29, 1.82) is 21.0 Å². The second-order valence-corrected chi connectivity index (χ2v) is 0. The quantitative estimate of drug-likeness (QED) is 0.309. The summed E-state index contributed by atoms with van der Waals surface area (Å²) in [5.74, 6) is 0. The molecule has 0 radical (unpaired) electrons. The van der Waals surface area contributed by atoms with E-state index in [1.54, 1.807) is 0 Å². The van der Waals surface area contributed by atoms with Crippen molar-refractivity contribution >= 4 is 0 Å². The normalized spacial score (nSPS) is 0.800. The molecule has 0 rings (SSSR count). The SMILES string of the molecule is [C-]#N.[C-]#N.[C-]#N.[C-]#N.[H-].[Na+].[Ni]. The Labute approximate surface area is 94.4 Å². The van der Waals surface area contributed by atoms with Gasteiger partial charge < -0.3 is 48.8 Å². The summed E-state index contributed by atoms with van der Waals surface area (Å²) < 4.78 is 0. The van der Waals surface area contributed by atoms with Gasteiger partial charge in [0.25, 0.3) is 0 Å². The van der Waals surface area contributed by atoms with Crippen LogP contribution >= 0.6 is 0 Å². The summed E-state index contributed by atoms with van der Waals surface area (Å²) in [6.07, 6.45) is 0. The van der Waals surface area contributed by atoms with Crippen LogP contribution in [0.25, 0.3) is 0 Å². The second-order valence-electron chi connectivity index (χ2n) is 0. The summed E-state index contributed by atoms with van der Waals surface area (Å²) in [4.78, 5) is 0. The molecule has 0 aliphatic heterocycles. The van der Waals surface area contributed by atoms with Gasteiger partial charge >= 0.3 is 29.6 Å². The van der Waals surface area contributed by atoms with Crippen LogP contribution in [0.3, 0.4) is 0 Å². The van der Waals surface area contributed by atoms with E-state index >= 15 is 0 Å². The summed E-state index contributed by atoms with van der Waals surface area (Å²) in [5, 5.41) is 25.0. The zero-order chi connectivity index (χ0) is 8.00. The number of nitrogens with zero attached hydrogens (tertiary/aromatic N) is 4. The van der Waals surface area contributed by atoms with Crippen molar-refractivity contribution in [2.24, 2.45) is 0 Å². The predicted molar refractivity (Wildman–Crippen MR) is 21.0 cm³/mol. The van der Waals surface area contributed by atoms with Crippen LogP contribution in [0.1, 0.15) is 1.43 Å². The first kappa shape index (κ1) is 56.6. The Balaban J connectivity index is -0.00000000356. The van der Waals surface area contributed by atoms with Gasteiger partial charge in [0.1, 0.15) is 0 Å². The minimum Gasteiger partial charge on any atom is -1.00 e. The fraction of sp³-hybridized carbons (Fsp3) is 0. The van der Waals surface area contributed by atoms with Crippen LogP contribution in [-0.2, 0) is 16.5 Å². The number of hydrogen-bond acceptors (Lipinski definition) is 4. The Kier molecular flexibility index (Phi) is 8910. The molecule has 0 saturated heterocycles. The van der Waals surface area contributed by atoms with E-state index in [9.17, 15) is 0 Å². The third-order valence-corrected chi connectivity index (χ3v) is 0. The first-order chi connectivity index (χ1) is 4.00. The van der Waals surface area contributed by atoms with E-state index in [1.807, 2.05) is 0 Å². The predicted octanol–water partition coefficient (Wildman–Crippen LogP) is -2.50. The molecule has 0 aromatic heterocycles. The van der Waals surface area contributed by atoms with E-state index in [0.29, 0.717) is 0 Å². The summed E-state index contributed by atoms with van der Waals surface area (Å²) in [7, 11) is 0. The van der Waals surface area contributed by atoms with Gasteiger partial charge in [0.05, 0.1) is 0 Å². The standard InChI is InChI=1S/4CN.Na.Ni.H/c4*1-2;;;/q4*-1;+1;;-1. The number of hydrogen-bond donors (Lipinski definition) is 0. The molecule has 0 spiro atoms. The van der Waals surface area contributed by atoms with Gasteiger partial charge in [0.15, 0.2) is 0 Å². The molecule has 0 aliphatic carbocycles. The fourth-order valence-electron chi connectivity index (χ4n) is 0. The van der Waals surface area contributed by atoms with Crippen molar-refractivity contribution in [1.82, 2.24) is 0 Å². The molecule has 0 N–H and O–H groups in total. The Morgan fingerprint density at radius 2 is 0.600 bits per heavy atom. The topological polar surface area (TPSA) is 95.2 Å². The van der Waals surface area contributed by atoms with Gasteiger partial charge in [-0.25, -0.2) is 0 Å². The summed E-state index contributed by atoms with van der Waals surface area (Å²) in [6, 6.07) is 0. The maximum atomic E-state index is 6.25. The first-order valence-corrected chi connectivity index (χ1v) is 0.894. The van der Waals surface area contributed by atoms with Gasteiger partial charge in [-0.2, -0.15) is 0 Å². The molecule has 52 valence electrons. The molecule has 0 heterocycles. The molecule has 0 bridgehead atoms. The largest absolute Gasteiger partial charge is 1.00 e. The smallest absolute Gasteiger partial charge is 1.00 e. The summed E-state index contributed by atoms with van der Waals surface area (Å²) >= 11 is 0. The third-order valence-electron chi connectivity index (χ3n) is 0. The van der Waals surface area contributed by atoms with Gasteiger partial charge in [-0.15, -0.1) is 0 Å². The van der Waals surface area contributed by atoms with Crippen molar-refractivity contribution in [2.45, 2.75) is 0 Å². The molecule has 0 aromatic rings. The molecule has 4 nitrogen and oxygen atoms in total. The van der Waals surface area contributed by atoms with Gasteiger partial charge in [0.2, 0.25) is 0 Å². The van der Waals surface area contributed by atoms with Crippen molar-refractivity contribution in [2.75, 3.05) is 0 Å². The molecule has 0 amide bonds. The van der Waals surface area contributed by atoms with E-state index in [4.69, 9.17) is 47.3 Å². The van der Waals surface area contributed by atoms with E-state index in [-0.39, 0.29) is 47.5 Å². The van der Waals surface area contributed by atoms with E-state index in [1.165, 1.54) is 0 Å². The molecule has 0 saturated carbocycles. The first-order valence-electron chi connectivity index (χ1n) is 0.894. The maximum absolute atomic E-state index is 6.25. The zero-order valence-corrected chi connectivity index (χ0v) is 8.09. The van der Waals surface area contributed by atoms with Crippen molar-refractivity contribution in [3.05, 3.63) is 26.3 Å². The molecule has 0 unspecified atom stereocenters. The van der Waals surface area contributed by atoms with Crippen LogP contribution in [0.5, 0.6) is 0 Å². The molecule has 10 heavy (non-hydrogen) atoms. The maximum Gasteiger partial charge on any atom is 1.00 e. The van der Waals surface area contributed by atoms with E-state index in [0.717, 1.165) is 0 Å². The van der Waals surface area contributed by atoms with Crippen LogP contribution in [0.15, 0.2) is 0 Å². The summed E-state index contributed by atoms with van der Waals surface area (Å²) in [5.41, 5.74) is 0. The summed E-state index contributed by atoms with van der Waals surface area (Å²) in [6.45, 7) is 19.0. The van der Waals surface area contributed by atoms with E-state index in [2.05, 4.69) is 0 Å². The zero-order valence-electron chi connectivity index (χ0n) is 6.11. The minimum absolute atomic E-state index is 0. The Hall–Kier alpha value is -0.546. The van der Waals surface area contributed by atoms with Gasteiger partial charge in [-0.3, -0.25) is 0 Å². The monoisotopic (exact) mass is 186 g/mol. The van der Waals surface area contributed by atoms with Crippen LogP contribution in [0, 0.1) is 47.3 Å². The third kappa shape index (κ3) is 1040. The van der Waals surface area contributed by atoms with Crippen molar-refractivity contribution in [3.63, 3.8) is 0 Å². The molecule has 0 fully saturated rings. The van der Waals surface area contributed by atoms with E-state index < -0.39 is 0 Å². The van der Waals surface area contributed by atoms with Gasteiger partial charge in [0, 0.05) is 16.5 Å². The number of rotatable bonds is 0. The molecule has 0 aromatic carbocycles. The Bertz CT molecular complexity index is 65.1. The molecule has 6 heteroatoms. The minimum atomic E-state index is 0.